The number of rotatable bonds is 3. The average molecular weight is 244 g/mol. The van der Waals surface area contributed by atoms with Crippen molar-refractivity contribution in [1.29, 1.82) is 0 Å². The normalized spacial score (nSPS) is 10.4. The van der Waals surface area contributed by atoms with E-state index in [4.69, 9.17) is 4.74 Å². The summed E-state index contributed by atoms with van der Waals surface area (Å²) in [5.41, 5.74) is 4.26. The Bertz CT molecular complexity index is 510. The summed E-state index contributed by atoms with van der Waals surface area (Å²) < 4.78 is 18.8. The van der Waals surface area contributed by atoms with Crippen molar-refractivity contribution in [3.63, 3.8) is 0 Å². The largest absolute Gasteiger partial charge is 0.489 e. The first-order chi connectivity index (χ1) is 8.56. The first-order valence-corrected chi connectivity index (χ1v) is 6.01. The first kappa shape index (κ1) is 12.6. The third-order valence-electron chi connectivity index (χ3n) is 3.11. The van der Waals surface area contributed by atoms with Gasteiger partial charge in [-0.3, -0.25) is 0 Å². The summed E-state index contributed by atoms with van der Waals surface area (Å²) in [5.74, 6) is 0.501. The smallest absolute Gasteiger partial charge is 0.126 e. The van der Waals surface area contributed by atoms with Crippen molar-refractivity contribution in [2.75, 3.05) is 0 Å². The number of hydrogen-bond donors (Lipinski definition) is 0. The Morgan fingerprint density at radius 2 is 1.67 bits per heavy atom. The molecule has 0 N–H and O–H groups in total. The molecule has 0 unspecified atom stereocenters. The predicted octanol–water partition coefficient (Wildman–Crippen LogP) is 4.33. The average Bonchev–Trinajstić information content (AvgIpc) is 2.35. The second-order valence-corrected chi connectivity index (χ2v) is 4.62. The molecule has 0 bridgehead atoms. The maximum absolute atomic E-state index is 13.1. The van der Waals surface area contributed by atoms with Crippen molar-refractivity contribution >= 4 is 0 Å². The van der Waals surface area contributed by atoms with Gasteiger partial charge >= 0.3 is 0 Å². The van der Waals surface area contributed by atoms with Gasteiger partial charge in [0.25, 0.3) is 0 Å². The van der Waals surface area contributed by atoms with Gasteiger partial charge in [-0.2, -0.15) is 0 Å². The first-order valence-electron chi connectivity index (χ1n) is 6.01. The van der Waals surface area contributed by atoms with Crippen LogP contribution in [0.4, 0.5) is 4.39 Å². The van der Waals surface area contributed by atoms with Crippen molar-refractivity contribution in [3.8, 4) is 5.75 Å². The second-order valence-electron chi connectivity index (χ2n) is 4.62. The minimum absolute atomic E-state index is 0.200. The fourth-order valence-electron chi connectivity index (χ4n) is 1.77. The molecule has 0 aliphatic carbocycles. The fraction of sp³-hybridized carbons (Fsp3) is 0.250. The topological polar surface area (TPSA) is 9.23 Å². The van der Waals surface area contributed by atoms with Gasteiger partial charge in [0.2, 0.25) is 0 Å². The van der Waals surface area contributed by atoms with Crippen LogP contribution in [0.1, 0.15) is 22.3 Å². The summed E-state index contributed by atoms with van der Waals surface area (Å²) in [6.45, 7) is 6.41. The lowest BCUT2D eigenvalue weighted by molar-refractivity contribution is 0.305. The third-order valence-corrected chi connectivity index (χ3v) is 3.11. The van der Waals surface area contributed by atoms with Crippen LogP contribution in [0.15, 0.2) is 36.4 Å². The maximum Gasteiger partial charge on any atom is 0.126 e. The SMILES string of the molecule is Cc1ccc(COc2ccc(F)c(C)c2)cc1C. The van der Waals surface area contributed by atoms with E-state index in [1.54, 1.807) is 19.1 Å². The van der Waals surface area contributed by atoms with E-state index >= 15 is 0 Å². The number of benzene rings is 2. The monoisotopic (exact) mass is 244 g/mol. The van der Waals surface area contributed by atoms with Crippen LogP contribution in [0.5, 0.6) is 5.75 Å². The highest BCUT2D eigenvalue weighted by Crippen LogP contribution is 2.18. The van der Waals surface area contributed by atoms with Crippen molar-refractivity contribution in [3.05, 3.63) is 64.5 Å². The molecule has 0 amide bonds. The molecule has 18 heavy (non-hydrogen) atoms. The van der Waals surface area contributed by atoms with Crippen LogP contribution in [0, 0.1) is 26.6 Å². The van der Waals surface area contributed by atoms with E-state index in [0.29, 0.717) is 17.9 Å². The quantitative estimate of drug-likeness (QED) is 0.780. The third kappa shape index (κ3) is 2.89. The van der Waals surface area contributed by atoms with Crippen LogP contribution in [-0.4, -0.2) is 0 Å². The molecule has 0 atom stereocenters. The lowest BCUT2D eigenvalue weighted by Crippen LogP contribution is -1.97. The zero-order valence-corrected chi connectivity index (χ0v) is 11.0. The van der Waals surface area contributed by atoms with Gasteiger partial charge in [-0.1, -0.05) is 18.2 Å². The van der Waals surface area contributed by atoms with E-state index in [0.717, 1.165) is 5.56 Å². The summed E-state index contributed by atoms with van der Waals surface area (Å²) in [6, 6.07) is 11.1. The zero-order chi connectivity index (χ0) is 13.1. The molecular weight excluding hydrogens is 227 g/mol. The molecule has 0 aromatic heterocycles. The minimum Gasteiger partial charge on any atom is -0.489 e. The molecule has 0 aliphatic rings. The van der Waals surface area contributed by atoms with Crippen LogP contribution in [0.3, 0.4) is 0 Å². The van der Waals surface area contributed by atoms with Crippen LogP contribution in [-0.2, 0) is 6.61 Å². The molecular formula is C16H17FO. The molecule has 2 rings (SSSR count). The van der Waals surface area contributed by atoms with Gasteiger partial charge in [0.05, 0.1) is 0 Å². The van der Waals surface area contributed by atoms with Gasteiger partial charge in [-0.25, -0.2) is 4.39 Å². The van der Waals surface area contributed by atoms with E-state index in [9.17, 15) is 4.39 Å². The van der Waals surface area contributed by atoms with Crippen LogP contribution in [0.25, 0.3) is 0 Å². The number of hydrogen-bond acceptors (Lipinski definition) is 1. The summed E-state index contributed by atoms with van der Waals surface area (Å²) in [4.78, 5) is 0. The van der Waals surface area contributed by atoms with Gasteiger partial charge < -0.3 is 4.74 Å². The highest BCUT2D eigenvalue weighted by molar-refractivity contribution is 5.31. The molecule has 1 nitrogen and oxygen atoms in total. The Hall–Kier alpha value is -1.83. The minimum atomic E-state index is -0.200. The highest BCUT2D eigenvalue weighted by atomic mass is 19.1. The predicted molar refractivity (Wildman–Crippen MR) is 71.4 cm³/mol. The highest BCUT2D eigenvalue weighted by Gasteiger charge is 2.01. The molecule has 94 valence electrons. The molecule has 2 heteroatoms. The van der Waals surface area contributed by atoms with Gasteiger partial charge in [0.15, 0.2) is 0 Å². The van der Waals surface area contributed by atoms with E-state index in [2.05, 4.69) is 32.0 Å². The van der Waals surface area contributed by atoms with Crippen LogP contribution < -0.4 is 4.74 Å². The Balaban J connectivity index is 2.06. The van der Waals surface area contributed by atoms with Crippen LogP contribution >= 0.6 is 0 Å². The zero-order valence-electron chi connectivity index (χ0n) is 11.0. The van der Waals surface area contributed by atoms with E-state index in [1.165, 1.54) is 17.2 Å². The van der Waals surface area contributed by atoms with Crippen molar-refractivity contribution in [2.45, 2.75) is 27.4 Å². The Morgan fingerprint density at radius 1 is 0.889 bits per heavy atom. The number of aryl methyl sites for hydroxylation is 3. The Morgan fingerprint density at radius 3 is 2.33 bits per heavy atom. The Kier molecular flexibility index (Phi) is 3.66. The second kappa shape index (κ2) is 5.21. The lowest BCUT2D eigenvalue weighted by Gasteiger charge is -2.09. The molecule has 0 spiro atoms. The van der Waals surface area contributed by atoms with Crippen molar-refractivity contribution in [2.24, 2.45) is 0 Å². The standard InChI is InChI=1S/C16H17FO/c1-11-4-5-14(8-12(11)2)10-18-15-6-7-16(17)13(3)9-15/h4-9H,10H2,1-3H3. The van der Waals surface area contributed by atoms with E-state index < -0.39 is 0 Å². The molecule has 0 radical (unpaired) electrons. The Labute approximate surface area is 107 Å². The van der Waals surface area contributed by atoms with Gasteiger partial charge in [0.1, 0.15) is 18.2 Å². The maximum atomic E-state index is 13.1. The molecule has 0 saturated heterocycles. The number of halogens is 1. The number of ether oxygens (including phenoxy) is 1. The molecule has 2 aromatic rings. The molecule has 0 saturated carbocycles. The molecule has 0 fully saturated rings. The van der Waals surface area contributed by atoms with Crippen molar-refractivity contribution in [1.82, 2.24) is 0 Å². The molecule has 2 aromatic carbocycles. The fourth-order valence-corrected chi connectivity index (χ4v) is 1.77. The summed E-state index contributed by atoms with van der Waals surface area (Å²) in [6.07, 6.45) is 0. The van der Waals surface area contributed by atoms with Crippen molar-refractivity contribution < 1.29 is 9.13 Å². The molecule has 0 heterocycles. The van der Waals surface area contributed by atoms with Gasteiger partial charge in [-0.05, 0) is 61.2 Å². The van der Waals surface area contributed by atoms with E-state index in [1.807, 2.05) is 0 Å². The van der Waals surface area contributed by atoms with E-state index in [-0.39, 0.29) is 5.82 Å². The lowest BCUT2D eigenvalue weighted by atomic mass is 10.1. The van der Waals surface area contributed by atoms with Gasteiger partial charge in [-0.15, -0.1) is 0 Å². The summed E-state index contributed by atoms with van der Waals surface area (Å²) in [5, 5.41) is 0. The van der Waals surface area contributed by atoms with Crippen LogP contribution in [0.2, 0.25) is 0 Å². The van der Waals surface area contributed by atoms with Gasteiger partial charge in [0, 0.05) is 0 Å². The summed E-state index contributed by atoms with van der Waals surface area (Å²) >= 11 is 0. The summed E-state index contributed by atoms with van der Waals surface area (Å²) in [7, 11) is 0. The molecule has 0 aliphatic heterocycles.